The highest BCUT2D eigenvalue weighted by molar-refractivity contribution is 6.00. The van der Waals surface area contributed by atoms with E-state index in [-0.39, 0.29) is 25.4 Å². The number of likely N-dealkylation sites (tertiary alicyclic amines) is 1. The number of carboxylic acids is 1. The Morgan fingerprint density at radius 3 is 2.45 bits per heavy atom. The zero-order valence-corrected chi connectivity index (χ0v) is 18.7. The van der Waals surface area contributed by atoms with Crippen LogP contribution >= 0.6 is 0 Å². The van der Waals surface area contributed by atoms with Crippen molar-refractivity contribution in [3.63, 3.8) is 0 Å². The van der Waals surface area contributed by atoms with Gasteiger partial charge in [0.1, 0.15) is 0 Å². The first kappa shape index (κ1) is 25.2. The van der Waals surface area contributed by atoms with Gasteiger partial charge in [-0.25, -0.2) is 10.4 Å². The lowest BCUT2D eigenvalue weighted by Crippen LogP contribution is -2.60. The maximum Gasteiger partial charge on any atom is 0.304 e. The summed E-state index contributed by atoms with van der Waals surface area (Å²) in [6, 6.07) is 0. The van der Waals surface area contributed by atoms with E-state index in [1.165, 1.54) is 13.8 Å². The Morgan fingerprint density at radius 1 is 1.16 bits per heavy atom. The summed E-state index contributed by atoms with van der Waals surface area (Å²) in [6.45, 7) is 5.77. The number of rotatable bonds is 9. The molecule has 0 aromatic carbocycles. The lowest BCUT2D eigenvalue weighted by molar-refractivity contribution is -0.156. The van der Waals surface area contributed by atoms with Crippen molar-refractivity contribution in [2.75, 3.05) is 32.7 Å². The Kier molecular flexibility index (Phi) is 9.39. The number of carbonyl (C=O) groups excluding carboxylic acids is 3. The topological polar surface area (TPSA) is 145 Å². The average Bonchev–Trinajstić information content (AvgIpc) is 2.74. The molecule has 0 unspecified atom stereocenters. The van der Waals surface area contributed by atoms with Crippen LogP contribution in [0, 0.1) is 11.8 Å². The lowest BCUT2D eigenvalue weighted by atomic mass is 9.92. The van der Waals surface area contributed by atoms with E-state index < -0.39 is 29.2 Å². The maximum atomic E-state index is 13.1. The molecule has 10 heteroatoms. The highest BCUT2D eigenvalue weighted by atomic mass is 16.4. The third-order valence-corrected chi connectivity index (χ3v) is 5.93. The van der Waals surface area contributed by atoms with Gasteiger partial charge in [0, 0.05) is 26.1 Å². The Balaban J connectivity index is 1.97. The van der Waals surface area contributed by atoms with Gasteiger partial charge in [-0.2, -0.15) is 0 Å². The van der Waals surface area contributed by atoms with Gasteiger partial charge in [-0.1, -0.05) is 0 Å². The van der Waals surface area contributed by atoms with E-state index in [1.807, 2.05) is 0 Å². The van der Waals surface area contributed by atoms with Crippen LogP contribution in [-0.4, -0.2) is 77.0 Å². The number of hydrogen-bond acceptors (Lipinski definition) is 7. The summed E-state index contributed by atoms with van der Waals surface area (Å²) in [6.07, 6.45) is 4.50. The largest absolute Gasteiger partial charge is 0.481 e. The predicted octanol–water partition coefficient (Wildman–Crippen LogP) is 0.0766. The van der Waals surface area contributed by atoms with Gasteiger partial charge >= 0.3 is 5.97 Å². The molecule has 0 radical (unpaired) electrons. The van der Waals surface area contributed by atoms with Crippen LogP contribution < -0.4 is 16.5 Å². The van der Waals surface area contributed by atoms with E-state index >= 15 is 0 Å². The summed E-state index contributed by atoms with van der Waals surface area (Å²) in [7, 11) is 0. The molecule has 2 rings (SSSR count). The normalized spacial score (nSPS) is 20.4. The Hall–Kier alpha value is -2.04. The summed E-state index contributed by atoms with van der Waals surface area (Å²) < 4.78 is 0. The predicted molar refractivity (Wildman–Crippen MR) is 115 cm³/mol. The van der Waals surface area contributed by atoms with Crippen molar-refractivity contribution in [1.29, 1.82) is 0 Å². The van der Waals surface area contributed by atoms with Crippen LogP contribution in [-0.2, 0) is 19.2 Å². The van der Waals surface area contributed by atoms with Crippen LogP contribution in [0.25, 0.3) is 0 Å². The molecule has 0 bridgehead atoms. The first-order valence-corrected chi connectivity index (χ1v) is 11.2. The van der Waals surface area contributed by atoms with Gasteiger partial charge in [0.15, 0.2) is 0 Å². The second-order valence-corrected chi connectivity index (χ2v) is 9.16. The molecule has 0 spiro atoms. The number of nitrogens with one attached hydrogen (secondary N) is 2. The third kappa shape index (κ3) is 7.86. The second kappa shape index (κ2) is 11.5. The number of aliphatic carboxylic acids is 1. The van der Waals surface area contributed by atoms with Crippen LogP contribution in [0.15, 0.2) is 0 Å². The number of imide groups is 1. The van der Waals surface area contributed by atoms with Crippen molar-refractivity contribution >= 4 is 23.7 Å². The fourth-order valence-corrected chi connectivity index (χ4v) is 4.06. The minimum atomic E-state index is -1.30. The van der Waals surface area contributed by atoms with Gasteiger partial charge in [-0.15, -0.1) is 0 Å². The zero-order valence-electron chi connectivity index (χ0n) is 18.7. The van der Waals surface area contributed by atoms with Crippen LogP contribution in [0.1, 0.15) is 58.8 Å². The molecule has 10 nitrogen and oxygen atoms in total. The van der Waals surface area contributed by atoms with Gasteiger partial charge in [0.2, 0.25) is 11.8 Å². The molecular weight excluding hydrogens is 402 g/mol. The summed E-state index contributed by atoms with van der Waals surface area (Å²) in [4.78, 5) is 51.1. The average molecular weight is 440 g/mol. The monoisotopic (exact) mass is 439 g/mol. The summed E-state index contributed by atoms with van der Waals surface area (Å²) in [5.41, 5.74) is 7.23. The number of amides is 3. The lowest BCUT2D eigenvalue weighted by Gasteiger charge is -2.36. The molecule has 2 fully saturated rings. The quantitative estimate of drug-likeness (QED) is 0.370. The molecule has 0 aliphatic carbocycles. The van der Waals surface area contributed by atoms with Crippen molar-refractivity contribution in [3.05, 3.63) is 0 Å². The van der Waals surface area contributed by atoms with Crippen LogP contribution in [0.2, 0.25) is 0 Å². The number of carboxylic acid groups (broad SMARTS) is 1. The van der Waals surface area contributed by atoms with Crippen molar-refractivity contribution in [1.82, 2.24) is 20.7 Å². The Morgan fingerprint density at radius 2 is 1.84 bits per heavy atom. The van der Waals surface area contributed by atoms with Crippen LogP contribution in [0.5, 0.6) is 0 Å². The fraction of sp³-hybridized carbons (Fsp3) is 0.810. The molecule has 2 aliphatic rings. The first-order chi connectivity index (χ1) is 14.6. The number of piperidine rings is 2. The molecule has 2 aliphatic heterocycles. The molecular formula is C21H37N5O5. The zero-order chi connectivity index (χ0) is 23.0. The third-order valence-electron chi connectivity index (χ3n) is 5.93. The number of hydrogen-bond donors (Lipinski definition) is 4. The molecule has 31 heavy (non-hydrogen) atoms. The van der Waals surface area contributed by atoms with Gasteiger partial charge in [0.05, 0.1) is 17.9 Å². The molecule has 2 saturated heterocycles. The number of nitrogens with two attached hydrogens (primary N) is 1. The standard InChI is InChI=1S/C21H37N5O5/c1-21(2,22)20(31)26(24-12-9-18(28)29)19(30)16-4-3-13-25(14-16)17(27)6-5-15-7-10-23-11-8-15/h15-16,23-24H,3-14,22H2,1-2H3,(H,28,29)/t16-/m1/s1. The van der Waals surface area contributed by atoms with E-state index in [0.29, 0.717) is 31.7 Å². The second-order valence-electron chi connectivity index (χ2n) is 9.16. The highest BCUT2D eigenvalue weighted by Crippen LogP contribution is 2.23. The number of nitrogens with zero attached hydrogens (tertiary/aromatic N) is 2. The molecule has 0 saturated carbocycles. The van der Waals surface area contributed by atoms with Crippen molar-refractivity contribution in [2.45, 2.75) is 64.3 Å². The van der Waals surface area contributed by atoms with Crippen molar-refractivity contribution in [3.8, 4) is 0 Å². The fourth-order valence-electron chi connectivity index (χ4n) is 4.06. The van der Waals surface area contributed by atoms with E-state index in [1.54, 1.807) is 4.90 Å². The molecule has 0 aromatic rings. The van der Waals surface area contributed by atoms with Crippen molar-refractivity contribution < 1.29 is 24.3 Å². The van der Waals surface area contributed by atoms with Crippen LogP contribution in [0.3, 0.4) is 0 Å². The molecule has 3 amide bonds. The molecule has 0 aromatic heterocycles. The minimum absolute atomic E-state index is 0.0481. The van der Waals surface area contributed by atoms with E-state index in [9.17, 15) is 19.2 Å². The molecule has 2 heterocycles. The van der Waals surface area contributed by atoms with Gasteiger partial charge in [-0.05, 0) is 65.0 Å². The molecule has 176 valence electrons. The van der Waals surface area contributed by atoms with Gasteiger partial charge in [0.25, 0.3) is 5.91 Å². The highest BCUT2D eigenvalue weighted by Gasteiger charge is 2.38. The summed E-state index contributed by atoms with van der Waals surface area (Å²) in [5.74, 6) is -2.05. The maximum absolute atomic E-state index is 13.1. The van der Waals surface area contributed by atoms with Gasteiger partial charge in [-0.3, -0.25) is 19.2 Å². The first-order valence-electron chi connectivity index (χ1n) is 11.2. The Bertz CT molecular complexity index is 657. The van der Waals surface area contributed by atoms with Crippen molar-refractivity contribution in [2.24, 2.45) is 17.6 Å². The van der Waals surface area contributed by atoms with Crippen LogP contribution in [0.4, 0.5) is 0 Å². The van der Waals surface area contributed by atoms with E-state index in [0.717, 1.165) is 37.4 Å². The molecule has 5 N–H and O–H groups in total. The Labute approximate surface area is 183 Å². The minimum Gasteiger partial charge on any atom is -0.481 e. The number of hydrazine groups is 1. The number of carbonyl (C=O) groups is 4. The SMILES string of the molecule is CC(C)(N)C(=O)N(NCCC(=O)O)C(=O)[C@@H]1CCCN(C(=O)CCC2CCNCC2)C1. The summed E-state index contributed by atoms with van der Waals surface area (Å²) in [5, 5.41) is 13.0. The van der Waals surface area contributed by atoms with Gasteiger partial charge < -0.3 is 21.1 Å². The molecule has 1 atom stereocenters. The smallest absolute Gasteiger partial charge is 0.304 e. The van der Waals surface area contributed by atoms with E-state index in [2.05, 4.69) is 10.7 Å². The summed E-state index contributed by atoms with van der Waals surface area (Å²) >= 11 is 0. The van der Waals surface area contributed by atoms with E-state index in [4.69, 9.17) is 10.8 Å².